The molecular formula is C45H57Cl4N3O11PS+. The van der Waals surface area contributed by atoms with E-state index in [4.69, 9.17) is 74.4 Å². The lowest BCUT2D eigenvalue weighted by Crippen LogP contribution is -2.46. The second kappa shape index (κ2) is 25.4. The normalized spacial score (nSPS) is 20.1. The Labute approximate surface area is 405 Å². The molecule has 2 saturated heterocycles. The van der Waals surface area contributed by atoms with Gasteiger partial charge >= 0.3 is 13.9 Å². The monoisotopic (exact) mass is 1020 g/mol. The third-order valence-corrected chi connectivity index (χ3v) is 12.7. The minimum absolute atomic E-state index is 0.00373. The van der Waals surface area contributed by atoms with Gasteiger partial charge in [-0.05, 0) is 79.6 Å². The molecule has 1 aromatic heterocycles. The van der Waals surface area contributed by atoms with Crippen LogP contribution in [0.25, 0.3) is 0 Å². The largest absolute Gasteiger partial charge is 0.697 e. The lowest BCUT2D eigenvalue weighted by atomic mass is 9.77. The number of anilines is 1. The molecule has 2 aliphatic heterocycles. The SMILES string of the molecule is C1CCOCC1.CCC(C)(C)C(=O)SCCO[P+](=O)OC[C@H]1O[C@@H](n2ccc(NC(c3ccccc3)(c3ccc(OC)cc3)c3ccc(OC)cc3)nc2=O)[C@@](C)(O)C1O.ClC(Cl)(Cl)Cl. The molecule has 5 atom stereocenters. The van der Waals surface area contributed by atoms with Crippen molar-refractivity contribution < 1.29 is 47.6 Å². The van der Waals surface area contributed by atoms with Crippen molar-refractivity contribution in [2.75, 3.05) is 51.7 Å². The number of rotatable bonds is 17. The zero-order chi connectivity index (χ0) is 47.8. The number of benzene rings is 3. The van der Waals surface area contributed by atoms with Crippen molar-refractivity contribution in [3.8, 4) is 11.5 Å². The third-order valence-electron chi connectivity index (χ3n) is 10.8. The molecule has 0 amide bonds. The number of hydrogen-bond acceptors (Lipinski definition) is 14. The Balaban J connectivity index is 0.000000740. The van der Waals surface area contributed by atoms with Gasteiger partial charge in [0.25, 0.3) is 3.25 Å². The van der Waals surface area contributed by atoms with E-state index in [1.807, 2.05) is 99.6 Å². The van der Waals surface area contributed by atoms with E-state index in [2.05, 4.69) is 10.3 Å². The predicted molar refractivity (Wildman–Crippen MR) is 257 cm³/mol. The highest BCUT2D eigenvalue weighted by Crippen LogP contribution is 2.42. The maximum absolute atomic E-state index is 13.7. The average molecular weight is 1020 g/mol. The van der Waals surface area contributed by atoms with Crippen LogP contribution in [0.4, 0.5) is 5.82 Å². The van der Waals surface area contributed by atoms with Gasteiger partial charge in [0.1, 0.15) is 53.9 Å². The van der Waals surface area contributed by atoms with Crippen molar-refractivity contribution >= 4 is 77.4 Å². The molecule has 0 saturated carbocycles. The third kappa shape index (κ3) is 15.8. The van der Waals surface area contributed by atoms with Crippen LogP contribution in [0.2, 0.25) is 0 Å². The summed E-state index contributed by atoms with van der Waals surface area (Å²) in [5.41, 5.74) is -1.74. The molecule has 0 bridgehead atoms. The summed E-state index contributed by atoms with van der Waals surface area (Å²) in [5.74, 6) is 1.85. The van der Waals surface area contributed by atoms with Crippen molar-refractivity contribution in [2.45, 2.75) is 86.2 Å². The molecule has 2 unspecified atom stereocenters. The number of halogens is 4. The van der Waals surface area contributed by atoms with E-state index >= 15 is 0 Å². The lowest BCUT2D eigenvalue weighted by Gasteiger charge is -2.37. The first-order chi connectivity index (χ1) is 30.8. The highest BCUT2D eigenvalue weighted by Gasteiger charge is 2.54. The fourth-order valence-corrected chi connectivity index (χ4v) is 8.36. The molecule has 0 radical (unpaired) electrons. The first-order valence-corrected chi connectivity index (χ1v) is 24.4. The molecule has 3 heterocycles. The number of ether oxygens (including phenoxy) is 4. The van der Waals surface area contributed by atoms with Gasteiger partial charge in [-0.1, -0.05) is 134 Å². The minimum atomic E-state index is -2.62. The smallest absolute Gasteiger partial charge is 0.497 e. The van der Waals surface area contributed by atoms with Gasteiger partial charge in [0, 0.05) is 35.1 Å². The van der Waals surface area contributed by atoms with Gasteiger partial charge < -0.3 is 34.5 Å². The summed E-state index contributed by atoms with van der Waals surface area (Å²) in [6.45, 7) is 8.60. The molecule has 20 heteroatoms. The highest BCUT2D eigenvalue weighted by molar-refractivity contribution is 8.13. The van der Waals surface area contributed by atoms with Crippen molar-refractivity contribution in [1.82, 2.24) is 9.55 Å². The van der Waals surface area contributed by atoms with Gasteiger partial charge in [-0.25, -0.2) is 4.79 Å². The van der Waals surface area contributed by atoms with Crippen molar-refractivity contribution in [1.29, 1.82) is 0 Å². The van der Waals surface area contributed by atoms with Gasteiger partial charge in [-0.15, -0.1) is 9.05 Å². The second-order valence-electron chi connectivity index (χ2n) is 15.7. The first-order valence-electron chi connectivity index (χ1n) is 20.8. The Bertz CT molecular complexity index is 2100. The number of nitrogens with zero attached hydrogens (tertiary/aromatic N) is 2. The summed E-state index contributed by atoms with van der Waals surface area (Å²) in [6.07, 6.45) is 2.01. The molecule has 65 heavy (non-hydrogen) atoms. The van der Waals surface area contributed by atoms with Crippen molar-refractivity contribution in [3.05, 3.63) is 118 Å². The maximum Gasteiger partial charge on any atom is 0.697 e. The molecule has 2 aliphatic rings. The van der Waals surface area contributed by atoms with Crippen LogP contribution in [-0.2, 0) is 33.4 Å². The van der Waals surface area contributed by atoms with Crippen LogP contribution < -0.4 is 20.5 Å². The van der Waals surface area contributed by atoms with Crippen LogP contribution in [0.1, 0.15) is 76.3 Å². The molecule has 3 aromatic carbocycles. The number of thioether (sulfide) groups is 1. The molecule has 2 fully saturated rings. The predicted octanol–water partition coefficient (Wildman–Crippen LogP) is 9.80. The van der Waals surface area contributed by atoms with E-state index in [0.717, 1.165) is 46.2 Å². The summed E-state index contributed by atoms with van der Waals surface area (Å²) < 4.78 is 44.3. The fourth-order valence-electron chi connectivity index (χ4n) is 6.76. The molecule has 0 spiro atoms. The van der Waals surface area contributed by atoms with Gasteiger partial charge in [-0.3, -0.25) is 9.36 Å². The summed E-state index contributed by atoms with van der Waals surface area (Å²) >= 11 is 20.4. The number of aliphatic hydroxyl groups is 2. The highest BCUT2D eigenvalue weighted by atomic mass is 35.6. The van der Waals surface area contributed by atoms with Gasteiger partial charge in [-0.2, -0.15) is 4.98 Å². The standard InChI is InChI=1S/C39H46N3O10PS.C5H10O.CCl4/c1-7-37(2,3)35(44)54-24-23-50-53(47)51-25-31-33(43)38(4,46)34(52-31)42-22-21-32(40-36(42)45)41-39(26-11-9-8-10-12-26,27-13-17-29(48-5)18-14-27)28-15-19-30(49-6)20-16-28;1-2-4-6-5-3-1;2-1(3,4)5/h8-22,31,33-34,43,46H,7,23-25H2,1-6H3;1-5H2;/p+1/t31-,33?,34-,38+;;/m1../s1. The summed E-state index contributed by atoms with van der Waals surface area (Å²) in [4.78, 5) is 30.4. The van der Waals surface area contributed by atoms with Gasteiger partial charge in [0.15, 0.2) is 11.3 Å². The molecule has 4 aromatic rings. The number of aliphatic hydroxyl groups excluding tert-OH is 1. The molecule has 3 N–H and O–H groups in total. The van der Waals surface area contributed by atoms with Crippen LogP contribution in [-0.4, -0.2) is 92.3 Å². The van der Waals surface area contributed by atoms with Gasteiger partial charge in [0.2, 0.25) is 0 Å². The molecular weight excluding hydrogens is 963 g/mol. The van der Waals surface area contributed by atoms with Crippen LogP contribution in [0.3, 0.4) is 0 Å². The molecule has 0 aliphatic carbocycles. The first kappa shape index (κ1) is 54.6. The van der Waals surface area contributed by atoms with Crippen molar-refractivity contribution in [3.63, 3.8) is 0 Å². The summed E-state index contributed by atoms with van der Waals surface area (Å²) in [5, 5.41) is 25.9. The number of carbonyl (C=O) groups excluding carboxylic acids is 1. The number of hydrogen-bond donors (Lipinski definition) is 3. The quantitative estimate of drug-likeness (QED) is 0.0394. The van der Waals surface area contributed by atoms with E-state index in [1.54, 1.807) is 20.3 Å². The van der Waals surface area contributed by atoms with E-state index in [-0.39, 0.29) is 17.5 Å². The molecule has 14 nitrogen and oxygen atoms in total. The van der Waals surface area contributed by atoms with Crippen molar-refractivity contribution in [2.24, 2.45) is 5.41 Å². The lowest BCUT2D eigenvalue weighted by molar-refractivity contribution is -0.118. The minimum Gasteiger partial charge on any atom is -0.497 e. The number of carbonyl (C=O) groups is 1. The zero-order valence-electron chi connectivity index (χ0n) is 37.1. The Kier molecular flexibility index (Phi) is 21.3. The van der Waals surface area contributed by atoms with E-state index in [9.17, 15) is 24.4 Å². The number of aromatic nitrogens is 2. The van der Waals surface area contributed by atoms with Gasteiger partial charge in [0.05, 0.1) is 14.2 Å². The molecule has 6 rings (SSSR count). The number of nitrogens with one attached hydrogen (secondary N) is 1. The van der Waals surface area contributed by atoms with Crippen LogP contribution in [0.15, 0.2) is 95.9 Å². The van der Waals surface area contributed by atoms with E-state index < -0.39 is 58.8 Å². The van der Waals surface area contributed by atoms with E-state index in [0.29, 0.717) is 23.7 Å². The van der Waals surface area contributed by atoms with E-state index in [1.165, 1.54) is 32.4 Å². The fraction of sp³-hybridized carbons (Fsp3) is 0.489. The van der Waals surface area contributed by atoms with Crippen LogP contribution >= 0.6 is 66.4 Å². The molecule has 356 valence electrons. The van der Waals surface area contributed by atoms with Crippen LogP contribution in [0.5, 0.6) is 11.5 Å². The Morgan fingerprint density at radius 2 is 1.45 bits per heavy atom. The summed E-state index contributed by atoms with van der Waals surface area (Å²) in [7, 11) is 0.573. The Hall–Kier alpha value is -3.02. The zero-order valence-corrected chi connectivity index (χ0v) is 41.8. The Morgan fingerprint density at radius 1 is 0.908 bits per heavy atom. The number of alkyl halides is 4. The maximum atomic E-state index is 13.7. The average Bonchev–Trinajstić information content (AvgIpc) is 3.52. The Morgan fingerprint density at radius 3 is 1.91 bits per heavy atom. The second-order valence-corrected chi connectivity index (χ2v) is 21.2. The topological polar surface area (TPSA) is 177 Å². The van der Waals surface area contributed by atoms with Crippen LogP contribution in [0, 0.1) is 5.41 Å². The summed E-state index contributed by atoms with van der Waals surface area (Å²) in [6, 6.07) is 26.5. The number of methoxy groups -OCH3 is 2.